The number of rotatable bonds is 7. The summed E-state index contributed by atoms with van der Waals surface area (Å²) >= 11 is 0. The minimum absolute atomic E-state index is 0.00378. The van der Waals surface area contributed by atoms with Crippen molar-refractivity contribution >= 4 is 17.8 Å². The van der Waals surface area contributed by atoms with Crippen LogP contribution in [0.1, 0.15) is 35.9 Å². The smallest absolute Gasteiger partial charge is 0.347 e. The molecule has 1 aromatic rings. The molecule has 150 valence electrons. The molecule has 2 amide bonds. The fraction of sp³-hybridized carbons (Fsp3) is 0.368. The molecule has 0 saturated heterocycles. The van der Waals surface area contributed by atoms with Crippen LogP contribution in [0.25, 0.3) is 0 Å². The minimum Gasteiger partial charge on any atom is -0.347 e. The molecule has 0 aliphatic heterocycles. The van der Waals surface area contributed by atoms with Gasteiger partial charge in [0.2, 0.25) is 11.9 Å². The average Bonchev–Trinajstić information content (AvgIpc) is 3.45. The number of amides is 2. The molecule has 1 fully saturated rings. The Bertz CT molecular complexity index is 840. The maximum absolute atomic E-state index is 12.8. The van der Waals surface area contributed by atoms with Crippen molar-refractivity contribution in [3.8, 4) is 0 Å². The molecule has 0 bridgehead atoms. The highest BCUT2D eigenvalue weighted by Crippen LogP contribution is 2.30. The van der Waals surface area contributed by atoms with E-state index in [2.05, 4.69) is 27.2 Å². The van der Waals surface area contributed by atoms with Gasteiger partial charge in [-0.2, -0.15) is 13.2 Å². The van der Waals surface area contributed by atoms with Crippen molar-refractivity contribution < 1.29 is 22.8 Å². The Morgan fingerprint density at radius 2 is 2.00 bits per heavy atom. The molecule has 2 N–H and O–H groups in total. The van der Waals surface area contributed by atoms with E-state index in [0.29, 0.717) is 5.69 Å². The fourth-order valence-corrected chi connectivity index (χ4v) is 2.28. The van der Waals surface area contributed by atoms with E-state index in [0.717, 1.165) is 25.0 Å². The van der Waals surface area contributed by atoms with E-state index in [9.17, 15) is 22.8 Å². The van der Waals surface area contributed by atoms with Crippen LogP contribution >= 0.6 is 0 Å². The number of nitrogens with one attached hydrogen (secondary N) is 2. The number of hydrogen-bond donors (Lipinski definition) is 2. The lowest BCUT2D eigenvalue weighted by Crippen LogP contribution is -2.27. The summed E-state index contributed by atoms with van der Waals surface area (Å²) in [7, 11) is 0. The van der Waals surface area contributed by atoms with Gasteiger partial charge < -0.3 is 5.32 Å². The van der Waals surface area contributed by atoms with Crippen molar-refractivity contribution in [2.24, 2.45) is 5.92 Å². The third kappa shape index (κ3) is 6.04. The zero-order valence-electron chi connectivity index (χ0n) is 15.6. The lowest BCUT2D eigenvalue weighted by atomic mass is 10.1. The number of halogens is 3. The van der Waals surface area contributed by atoms with Gasteiger partial charge in [-0.1, -0.05) is 18.7 Å². The molecule has 6 nitrogen and oxygen atoms in total. The van der Waals surface area contributed by atoms with Gasteiger partial charge in [-0.3, -0.25) is 14.9 Å². The number of alkyl halides is 3. The lowest BCUT2D eigenvalue weighted by molar-refractivity contribution is -0.117. The highest BCUT2D eigenvalue weighted by Gasteiger charge is 2.31. The highest BCUT2D eigenvalue weighted by atomic mass is 19.4. The monoisotopic (exact) mass is 394 g/mol. The van der Waals surface area contributed by atoms with Gasteiger partial charge in [0, 0.05) is 18.2 Å². The normalized spacial score (nSPS) is 15.2. The molecule has 28 heavy (non-hydrogen) atoms. The summed E-state index contributed by atoms with van der Waals surface area (Å²) in [6, 6.07) is 1.42. The molecule has 2 rings (SSSR count). The third-order valence-electron chi connectivity index (χ3n) is 3.96. The molecule has 0 unspecified atom stereocenters. The number of hydrogen-bond acceptors (Lipinski definition) is 4. The van der Waals surface area contributed by atoms with Crippen molar-refractivity contribution in [3.05, 3.63) is 53.4 Å². The number of anilines is 1. The Balaban J connectivity index is 2.08. The van der Waals surface area contributed by atoms with Crippen molar-refractivity contribution in [3.63, 3.8) is 0 Å². The van der Waals surface area contributed by atoms with E-state index < -0.39 is 17.7 Å². The molecule has 9 heteroatoms. The lowest BCUT2D eigenvalue weighted by Gasteiger charge is -2.11. The molecule has 1 heterocycles. The van der Waals surface area contributed by atoms with Gasteiger partial charge in [0.1, 0.15) is 5.69 Å². The number of nitrogens with zero attached hydrogens (tertiary/aromatic N) is 2. The SMILES string of the molecule is C=C/C(=C\C(=C/C)C(F)(F)F)CNC(=O)c1cc(C)nc(NC(=O)C2CC2)n1. The molecular formula is C19H21F3N4O2. The first-order valence-corrected chi connectivity index (χ1v) is 8.65. The Kier molecular flexibility index (Phi) is 6.71. The minimum atomic E-state index is -4.49. The predicted octanol–water partition coefficient (Wildman–Crippen LogP) is 3.48. The number of allylic oxidation sites excluding steroid dienone is 3. The Hall–Kier alpha value is -2.97. The van der Waals surface area contributed by atoms with Gasteiger partial charge >= 0.3 is 6.18 Å². The summed E-state index contributed by atoms with van der Waals surface area (Å²) in [6.45, 7) is 6.23. The predicted molar refractivity (Wildman–Crippen MR) is 98.5 cm³/mol. The average molecular weight is 394 g/mol. The molecule has 1 aliphatic rings. The maximum atomic E-state index is 12.8. The first kappa shape index (κ1) is 21.3. The van der Waals surface area contributed by atoms with Crippen LogP contribution in [0.15, 0.2) is 42.0 Å². The summed E-state index contributed by atoms with van der Waals surface area (Å²) in [6.07, 6.45) is 0.225. The van der Waals surface area contributed by atoms with Crippen LogP contribution < -0.4 is 10.6 Å². The van der Waals surface area contributed by atoms with Gasteiger partial charge in [0.15, 0.2) is 0 Å². The molecule has 0 aromatic carbocycles. The molecular weight excluding hydrogens is 373 g/mol. The molecule has 1 aromatic heterocycles. The van der Waals surface area contributed by atoms with E-state index in [4.69, 9.17) is 0 Å². The second kappa shape index (κ2) is 8.81. The van der Waals surface area contributed by atoms with Gasteiger partial charge in [-0.15, -0.1) is 0 Å². The number of carbonyl (C=O) groups is 2. The maximum Gasteiger partial charge on any atom is 0.416 e. The largest absolute Gasteiger partial charge is 0.416 e. The Labute approximate surface area is 160 Å². The topological polar surface area (TPSA) is 84.0 Å². The van der Waals surface area contributed by atoms with Crippen molar-refractivity contribution in [1.82, 2.24) is 15.3 Å². The van der Waals surface area contributed by atoms with E-state index in [1.165, 1.54) is 19.1 Å². The molecule has 0 radical (unpaired) electrons. The van der Waals surface area contributed by atoms with Crippen LogP contribution in [0, 0.1) is 12.8 Å². The second-order valence-corrected chi connectivity index (χ2v) is 6.33. The first-order valence-electron chi connectivity index (χ1n) is 8.65. The van der Waals surface area contributed by atoms with E-state index in [-0.39, 0.29) is 35.6 Å². The van der Waals surface area contributed by atoms with Crippen LogP contribution in [0.3, 0.4) is 0 Å². The van der Waals surface area contributed by atoms with Gasteiger partial charge in [-0.25, -0.2) is 9.97 Å². The van der Waals surface area contributed by atoms with E-state index >= 15 is 0 Å². The summed E-state index contributed by atoms with van der Waals surface area (Å²) in [4.78, 5) is 32.3. The summed E-state index contributed by atoms with van der Waals surface area (Å²) in [5, 5.41) is 5.06. The van der Waals surface area contributed by atoms with Crippen LogP contribution in [0.4, 0.5) is 19.1 Å². The molecule has 0 spiro atoms. The van der Waals surface area contributed by atoms with Crippen LogP contribution in [0.2, 0.25) is 0 Å². The van der Waals surface area contributed by atoms with Gasteiger partial charge in [0.25, 0.3) is 5.91 Å². The number of carbonyl (C=O) groups excluding carboxylic acids is 2. The Morgan fingerprint density at radius 3 is 2.54 bits per heavy atom. The zero-order valence-corrected chi connectivity index (χ0v) is 15.6. The highest BCUT2D eigenvalue weighted by molar-refractivity contribution is 5.95. The first-order chi connectivity index (χ1) is 13.1. The van der Waals surface area contributed by atoms with E-state index in [1.54, 1.807) is 6.92 Å². The fourth-order valence-electron chi connectivity index (χ4n) is 2.28. The summed E-state index contributed by atoms with van der Waals surface area (Å²) in [5.74, 6) is -0.819. The van der Waals surface area contributed by atoms with Crippen molar-refractivity contribution in [2.45, 2.75) is 32.9 Å². The molecule has 1 saturated carbocycles. The van der Waals surface area contributed by atoms with Crippen molar-refractivity contribution in [1.29, 1.82) is 0 Å². The number of aryl methyl sites for hydroxylation is 1. The molecule has 0 atom stereocenters. The van der Waals surface area contributed by atoms with Gasteiger partial charge in [0.05, 0.1) is 5.57 Å². The van der Waals surface area contributed by atoms with Crippen LogP contribution in [-0.4, -0.2) is 34.5 Å². The standard InChI is InChI=1S/C19H21F3N4O2/c1-4-12(9-14(5-2)19(20,21)22)10-23-17(28)15-8-11(3)24-18(25-15)26-16(27)13-6-7-13/h4-5,8-9,13H,1,6-7,10H2,2-3H3,(H,23,28)(H,24,25,26,27)/b12-9+,14-5+. The Morgan fingerprint density at radius 1 is 1.32 bits per heavy atom. The third-order valence-corrected chi connectivity index (χ3v) is 3.96. The number of aromatic nitrogens is 2. The summed E-state index contributed by atoms with van der Waals surface area (Å²) < 4.78 is 38.5. The quantitative estimate of drug-likeness (QED) is 0.694. The van der Waals surface area contributed by atoms with E-state index in [1.807, 2.05) is 0 Å². The second-order valence-electron chi connectivity index (χ2n) is 6.33. The zero-order chi connectivity index (χ0) is 20.9. The summed E-state index contributed by atoms with van der Waals surface area (Å²) in [5.41, 5.74) is -0.172. The van der Waals surface area contributed by atoms with Crippen molar-refractivity contribution in [2.75, 3.05) is 11.9 Å². The van der Waals surface area contributed by atoms with Crippen LogP contribution in [0.5, 0.6) is 0 Å². The van der Waals surface area contributed by atoms with Gasteiger partial charge in [-0.05, 0) is 44.4 Å². The van der Waals surface area contributed by atoms with Crippen LogP contribution in [-0.2, 0) is 4.79 Å². The molecule has 1 aliphatic carbocycles.